The van der Waals surface area contributed by atoms with Gasteiger partial charge in [0.25, 0.3) is 5.91 Å². The Morgan fingerprint density at radius 1 is 1.08 bits per heavy atom. The molecule has 0 spiro atoms. The maximum Gasteiger partial charge on any atom is 0.255 e. The van der Waals surface area contributed by atoms with Gasteiger partial charge in [0.05, 0.1) is 21.3 Å². The number of piperazine rings is 1. The zero-order valence-electron chi connectivity index (χ0n) is 13.3. The van der Waals surface area contributed by atoms with Crippen LogP contribution in [0.2, 0.25) is 10.0 Å². The van der Waals surface area contributed by atoms with Gasteiger partial charge in [-0.2, -0.15) is 0 Å². The summed E-state index contributed by atoms with van der Waals surface area (Å²) in [6, 6.07) is 8.80. The van der Waals surface area contributed by atoms with Gasteiger partial charge in [-0.25, -0.2) is 4.98 Å². The number of carbonyl (C=O) groups is 1. The summed E-state index contributed by atoms with van der Waals surface area (Å²) >= 11 is 12.3. The number of pyridine rings is 1. The van der Waals surface area contributed by atoms with Crippen LogP contribution in [0.1, 0.15) is 10.4 Å². The first-order valence-electron chi connectivity index (χ1n) is 7.69. The third-order valence-electron chi connectivity index (χ3n) is 4.02. The number of nitrogens with zero attached hydrogens (tertiary/aromatic N) is 3. The molecular weight excluding hydrogens is 347 g/mol. The minimum atomic E-state index is 0.0120. The summed E-state index contributed by atoms with van der Waals surface area (Å²) < 4.78 is 0. The second-order valence-corrected chi connectivity index (χ2v) is 6.56. The fourth-order valence-corrected chi connectivity index (χ4v) is 3.02. The number of benzene rings is 1. The first-order valence-corrected chi connectivity index (χ1v) is 8.45. The van der Waals surface area contributed by atoms with Gasteiger partial charge in [-0.15, -0.1) is 0 Å². The predicted octanol–water partition coefficient (Wildman–Crippen LogP) is 3.52. The van der Waals surface area contributed by atoms with Crippen molar-refractivity contribution in [3.05, 3.63) is 52.1 Å². The van der Waals surface area contributed by atoms with Crippen LogP contribution in [0.4, 0.5) is 11.5 Å². The van der Waals surface area contributed by atoms with E-state index in [0.717, 1.165) is 26.2 Å². The number of rotatable bonds is 3. The van der Waals surface area contributed by atoms with Gasteiger partial charge in [0.1, 0.15) is 5.82 Å². The normalized spacial score (nSPS) is 15.4. The molecule has 1 amide bonds. The molecule has 0 saturated carbocycles. The number of carbonyl (C=O) groups excluding carboxylic acids is 1. The second kappa shape index (κ2) is 7.38. The van der Waals surface area contributed by atoms with E-state index >= 15 is 0 Å². The van der Waals surface area contributed by atoms with Crippen LogP contribution in [0.5, 0.6) is 0 Å². The van der Waals surface area contributed by atoms with E-state index in [0.29, 0.717) is 27.1 Å². The summed E-state index contributed by atoms with van der Waals surface area (Å²) in [7, 11) is 2.06. The van der Waals surface area contributed by atoms with E-state index in [9.17, 15) is 4.79 Å². The van der Waals surface area contributed by atoms with Crippen molar-refractivity contribution in [3.8, 4) is 0 Å². The summed E-state index contributed by atoms with van der Waals surface area (Å²) in [6.07, 6.45) is 1.58. The van der Waals surface area contributed by atoms with Crippen molar-refractivity contribution in [1.82, 2.24) is 14.8 Å². The Morgan fingerprint density at radius 2 is 1.75 bits per heavy atom. The zero-order valence-corrected chi connectivity index (χ0v) is 14.8. The van der Waals surface area contributed by atoms with Crippen LogP contribution in [-0.2, 0) is 0 Å². The van der Waals surface area contributed by atoms with Gasteiger partial charge in [-0.3, -0.25) is 4.79 Å². The van der Waals surface area contributed by atoms with E-state index in [1.165, 1.54) is 0 Å². The van der Waals surface area contributed by atoms with Crippen molar-refractivity contribution in [3.63, 3.8) is 0 Å². The predicted molar refractivity (Wildman–Crippen MR) is 97.4 cm³/mol. The van der Waals surface area contributed by atoms with Gasteiger partial charge < -0.3 is 15.1 Å². The maximum atomic E-state index is 12.5. The lowest BCUT2D eigenvalue weighted by atomic mass is 10.2. The van der Waals surface area contributed by atoms with Gasteiger partial charge in [-0.05, 0) is 31.3 Å². The van der Waals surface area contributed by atoms with E-state index in [-0.39, 0.29) is 5.91 Å². The van der Waals surface area contributed by atoms with Crippen LogP contribution < -0.4 is 5.32 Å². The minimum Gasteiger partial charge on any atom is -0.338 e. The van der Waals surface area contributed by atoms with Gasteiger partial charge >= 0.3 is 0 Å². The molecule has 7 heteroatoms. The first kappa shape index (κ1) is 17.0. The number of hydrogen-bond acceptors (Lipinski definition) is 4. The molecule has 1 N–H and O–H groups in total. The summed E-state index contributed by atoms with van der Waals surface area (Å²) in [5, 5.41) is 4.12. The number of amides is 1. The summed E-state index contributed by atoms with van der Waals surface area (Å²) in [4.78, 5) is 20.9. The molecule has 1 fully saturated rings. The molecular formula is C17H18Cl2N4O. The number of aromatic nitrogens is 1. The smallest absolute Gasteiger partial charge is 0.255 e. The Kier molecular flexibility index (Phi) is 5.23. The molecule has 24 heavy (non-hydrogen) atoms. The summed E-state index contributed by atoms with van der Waals surface area (Å²) in [6.45, 7) is 3.27. The number of halogens is 2. The lowest BCUT2D eigenvalue weighted by Gasteiger charge is -2.32. The fraction of sp³-hybridized carbons (Fsp3) is 0.294. The van der Waals surface area contributed by atoms with E-state index in [4.69, 9.17) is 23.2 Å². The zero-order chi connectivity index (χ0) is 17.1. The fourth-order valence-electron chi connectivity index (χ4n) is 2.53. The molecule has 1 aliphatic rings. The van der Waals surface area contributed by atoms with Gasteiger partial charge in [0.15, 0.2) is 0 Å². The van der Waals surface area contributed by atoms with Crippen LogP contribution in [0.3, 0.4) is 0 Å². The number of nitrogens with one attached hydrogen (secondary N) is 1. The van der Waals surface area contributed by atoms with Gasteiger partial charge in [0, 0.05) is 32.4 Å². The van der Waals surface area contributed by atoms with Crippen molar-refractivity contribution >= 4 is 40.6 Å². The van der Waals surface area contributed by atoms with Gasteiger partial charge in [-0.1, -0.05) is 29.3 Å². The highest BCUT2D eigenvalue weighted by atomic mass is 35.5. The SMILES string of the molecule is CN1CCN(C(=O)c2ccc(Nc3c(Cl)cccc3Cl)nc2)CC1. The molecule has 1 aromatic heterocycles. The van der Waals surface area contributed by atoms with Crippen LogP contribution in [-0.4, -0.2) is 53.9 Å². The van der Waals surface area contributed by atoms with Crippen molar-refractivity contribution in [2.75, 3.05) is 38.5 Å². The van der Waals surface area contributed by atoms with Crippen LogP contribution in [0, 0.1) is 0 Å². The third kappa shape index (κ3) is 3.80. The Labute approximate surface area is 151 Å². The Balaban J connectivity index is 1.70. The molecule has 0 atom stereocenters. The largest absolute Gasteiger partial charge is 0.338 e. The molecule has 5 nitrogen and oxygen atoms in total. The van der Waals surface area contributed by atoms with Crippen molar-refractivity contribution in [1.29, 1.82) is 0 Å². The lowest BCUT2D eigenvalue weighted by molar-refractivity contribution is 0.0663. The molecule has 1 aliphatic heterocycles. The van der Waals surface area contributed by atoms with E-state index in [1.54, 1.807) is 36.5 Å². The molecule has 0 bridgehead atoms. The highest BCUT2D eigenvalue weighted by Crippen LogP contribution is 2.31. The lowest BCUT2D eigenvalue weighted by Crippen LogP contribution is -2.47. The van der Waals surface area contributed by atoms with Crippen molar-refractivity contribution < 1.29 is 4.79 Å². The molecule has 2 heterocycles. The number of likely N-dealkylation sites (N-methyl/N-ethyl adjacent to an activating group) is 1. The molecule has 0 unspecified atom stereocenters. The number of anilines is 2. The molecule has 0 aliphatic carbocycles. The minimum absolute atomic E-state index is 0.0120. The Morgan fingerprint density at radius 3 is 2.33 bits per heavy atom. The number of para-hydroxylation sites is 1. The van der Waals surface area contributed by atoms with Crippen LogP contribution >= 0.6 is 23.2 Å². The van der Waals surface area contributed by atoms with Crippen molar-refractivity contribution in [2.45, 2.75) is 0 Å². The second-order valence-electron chi connectivity index (χ2n) is 5.75. The molecule has 0 radical (unpaired) electrons. The highest BCUT2D eigenvalue weighted by molar-refractivity contribution is 6.39. The Bertz CT molecular complexity index is 708. The topological polar surface area (TPSA) is 48.5 Å². The average Bonchev–Trinajstić information content (AvgIpc) is 2.59. The van der Waals surface area contributed by atoms with Crippen LogP contribution in [0.15, 0.2) is 36.5 Å². The molecule has 126 valence electrons. The summed E-state index contributed by atoms with van der Waals surface area (Å²) in [5.74, 6) is 0.595. The maximum absolute atomic E-state index is 12.5. The molecule has 2 aromatic rings. The van der Waals surface area contributed by atoms with Gasteiger partial charge in [0.2, 0.25) is 0 Å². The third-order valence-corrected chi connectivity index (χ3v) is 4.65. The molecule has 1 aromatic carbocycles. The van der Waals surface area contributed by atoms with Crippen molar-refractivity contribution in [2.24, 2.45) is 0 Å². The average molecular weight is 365 g/mol. The highest BCUT2D eigenvalue weighted by Gasteiger charge is 2.20. The monoisotopic (exact) mass is 364 g/mol. The molecule has 3 rings (SSSR count). The van der Waals surface area contributed by atoms with E-state index in [2.05, 4.69) is 22.2 Å². The number of hydrogen-bond donors (Lipinski definition) is 1. The molecule has 1 saturated heterocycles. The first-order chi connectivity index (χ1) is 11.5. The van der Waals surface area contributed by atoms with Crippen LogP contribution in [0.25, 0.3) is 0 Å². The van der Waals surface area contributed by atoms with E-state index in [1.807, 2.05) is 4.90 Å². The quantitative estimate of drug-likeness (QED) is 0.904. The standard InChI is InChI=1S/C17H18Cl2N4O/c1-22-7-9-23(10-8-22)17(24)12-5-6-15(20-11-12)21-16-13(18)3-2-4-14(16)19/h2-6,11H,7-10H2,1H3,(H,20,21). The van der Waals surface area contributed by atoms with E-state index < -0.39 is 0 Å². The Hall–Kier alpha value is -1.82. The summed E-state index contributed by atoms with van der Waals surface area (Å²) in [5.41, 5.74) is 1.18.